The van der Waals surface area contributed by atoms with Crippen LogP contribution < -0.4 is 5.32 Å². The van der Waals surface area contributed by atoms with E-state index in [1.807, 2.05) is 49.4 Å². The highest BCUT2D eigenvalue weighted by atomic mass is 32.2. The van der Waals surface area contributed by atoms with Crippen molar-refractivity contribution in [1.82, 2.24) is 14.3 Å². The lowest BCUT2D eigenvalue weighted by molar-refractivity contribution is -0.116. The number of aromatic nitrogens is 2. The number of anilines is 1. The zero-order valence-electron chi connectivity index (χ0n) is 17.2. The first-order chi connectivity index (χ1) is 14.8. The fourth-order valence-corrected chi connectivity index (χ4v) is 4.34. The quantitative estimate of drug-likeness (QED) is 0.483. The monoisotopic (exact) mass is 434 g/mol. The van der Waals surface area contributed by atoms with Crippen molar-refractivity contribution < 1.29 is 13.2 Å². The van der Waals surface area contributed by atoms with Crippen LogP contribution in [0.25, 0.3) is 22.4 Å². The number of carbonyl (C=O) groups is 1. The van der Waals surface area contributed by atoms with Crippen molar-refractivity contribution in [2.45, 2.75) is 11.8 Å². The van der Waals surface area contributed by atoms with Gasteiger partial charge in [-0.2, -0.15) is 4.31 Å². The van der Waals surface area contributed by atoms with Crippen LogP contribution >= 0.6 is 0 Å². The van der Waals surface area contributed by atoms with Crippen molar-refractivity contribution in [3.8, 4) is 11.4 Å². The number of fused-ring (bicyclic) bond motifs is 1. The van der Waals surface area contributed by atoms with E-state index in [1.165, 1.54) is 13.1 Å². The molecular weight excluding hydrogens is 412 g/mol. The first kappa shape index (κ1) is 20.8. The van der Waals surface area contributed by atoms with E-state index in [0.717, 1.165) is 15.4 Å². The van der Waals surface area contributed by atoms with Crippen molar-refractivity contribution in [1.29, 1.82) is 0 Å². The maximum atomic E-state index is 13.0. The lowest BCUT2D eigenvalue weighted by atomic mass is 10.2. The highest BCUT2D eigenvalue weighted by molar-refractivity contribution is 7.89. The average molecular weight is 435 g/mol. The highest BCUT2D eigenvalue weighted by Gasteiger charge is 2.24. The second-order valence-corrected chi connectivity index (χ2v) is 9.35. The number of imidazole rings is 1. The largest absolute Gasteiger partial charge is 0.338 e. The van der Waals surface area contributed by atoms with Crippen LogP contribution in [0.2, 0.25) is 0 Å². The van der Waals surface area contributed by atoms with Gasteiger partial charge in [-0.05, 0) is 37.3 Å². The van der Waals surface area contributed by atoms with E-state index in [-0.39, 0.29) is 11.4 Å². The Kier molecular flexibility index (Phi) is 5.58. The van der Waals surface area contributed by atoms with Crippen LogP contribution in [0.4, 0.5) is 5.69 Å². The summed E-state index contributed by atoms with van der Waals surface area (Å²) < 4.78 is 27.0. The molecule has 4 aromatic rings. The predicted octanol–water partition coefficient (Wildman–Crippen LogP) is 3.80. The predicted molar refractivity (Wildman–Crippen MR) is 121 cm³/mol. The SMILES string of the molecule is Cc1ccc(NC(=O)CN(C)S(=O)(=O)c2ccc3nc(-c4ccccc4)[nH]c3c2)cc1. The summed E-state index contributed by atoms with van der Waals surface area (Å²) in [6.07, 6.45) is 0. The van der Waals surface area contributed by atoms with Gasteiger partial charge in [0.1, 0.15) is 5.82 Å². The summed E-state index contributed by atoms with van der Waals surface area (Å²) in [5, 5.41) is 2.71. The maximum absolute atomic E-state index is 13.0. The fourth-order valence-electron chi connectivity index (χ4n) is 3.19. The van der Waals surface area contributed by atoms with Gasteiger partial charge in [0, 0.05) is 18.3 Å². The molecule has 1 amide bonds. The summed E-state index contributed by atoms with van der Waals surface area (Å²) in [5.41, 5.74) is 3.87. The summed E-state index contributed by atoms with van der Waals surface area (Å²) in [6, 6.07) is 21.6. The van der Waals surface area contributed by atoms with Crippen LogP contribution in [0.1, 0.15) is 5.56 Å². The third kappa shape index (κ3) is 4.50. The Bertz CT molecular complexity index is 1330. The molecule has 1 heterocycles. The summed E-state index contributed by atoms with van der Waals surface area (Å²) >= 11 is 0. The number of sulfonamides is 1. The van der Waals surface area contributed by atoms with Crippen molar-refractivity contribution in [3.05, 3.63) is 78.4 Å². The number of amides is 1. The summed E-state index contributed by atoms with van der Waals surface area (Å²) in [5.74, 6) is 0.250. The number of hydrogen-bond donors (Lipinski definition) is 2. The minimum Gasteiger partial charge on any atom is -0.338 e. The summed E-state index contributed by atoms with van der Waals surface area (Å²) in [7, 11) is -2.47. The third-order valence-corrected chi connectivity index (χ3v) is 6.71. The van der Waals surface area contributed by atoms with Crippen LogP contribution in [0.15, 0.2) is 77.7 Å². The maximum Gasteiger partial charge on any atom is 0.243 e. The minimum absolute atomic E-state index is 0.0916. The number of aryl methyl sites for hydroxylation is 1. The lowest BCUT2D eigenvalue weighted by Gasteiger charge is -2.17. The highest BCUT2D eigenvalue weighted by Crippen LogP contribution is 2.24. The number of H-pyrrole nitrogens is 1. The molecule has 1 aromatic heterocycles. The van der Waals surface area contributed by atoms with Crippen LogP contribution in [-0.2, 0) is 14.8 Å². The molecule has 0 atom stereocenters. The Hall–Kier alpha value is -3.49. The number of hydrogen-bond acceptors (Lipinski definition) is 4. The molecule has 4 rings (SSSR count). The molecule has 31 heavy (non-hydrogen) atoms. The van der Waals surface area contributed by atoms with Gasteiger partial charge in [0.2, 0.25) is 15.9 Å². The second kappa shape index (κ2) is 8.33. The molecule has 2 N–H and O–H groups in total. The smallest absolute Gasteiger partial charge is 0.243 e. The molecule has 0 unspecified atom stereocenters. The molecule has 3 aromatic carbocycles. The van der Waals surface area contributed by atoms with E-state index < -0.39 is 15.9 Å². The summed E-state index contributed by atoms with van der Waals surface area (Å²) in [4.78, 5) is 20.1. The molecule has 0 spiro atoms. The number of likely N-dealkylation sites (N-methyl/N-ethyl adjacent to an activating group) is 1. The third-order valence-electron chi connectivity index (χ3n) is 4.91. The van der Waals surface area contributed by atoms with Gasteiger partial charge in [-0.15, -0.1) is 0 Å². The van der Waals surface area contributed by atoms with Gasteiger partial charge in [0.25, 0.3) is 0 Å². The van der Waals surface area contributed by atoms with Gasteiger partial charge < -0.3 is 10.3 Å². The van der Waals surface area contributed by atoms with Gasteiger partial charge in [-0.3, -0.25) is 4.79 Å². The van der Waals surface area contributed by atoms with E-state index >= 15 is 0 Å². The van der Waals surface area contributed by atoms with Crippen LogP contribution in [0, 0.1) is 6.92 Å². The molecule has 0 bridgehead atoms. The number of nitrogens with zero attached hydrogens (tertiary/aromatic N) is 2. The van der Waals surface area contributed by atoms with Crippen LogP contribution in [-0.4, -0.2) is 42.2 Å². The Morgan fingerprint density at radius 3 is 2.45 bits per heavy atom. The number of carbonyl (C=O) groups excluding carboxylic acids is 1. The van der Waals surface area contributed by atoms with Gasteiger partial charge in [-0.25, -0.2) is 13.4 Å². The van der Waals surface area contributed by atoms with E-state index in [2.05, 4.69) is 15.3 Å². The van der Waals surface area contributed by atoms with Crippen molar-refractivity contribution in [3.63, 3.8) is 0 Å². The minimum atomic E-state index is -3.86. The van der Waals surface area contributed by atoms with Crippen molar-refractivity contribution >= 4 is 32.7 Å². The molecule has 158 valence electrons. The zero-order valence-corrected chi connectivity index (χ0v) is 18.0. The molecular formula is C23H22N4O3S. The molecule has 0 radical (unpaired) electrons. The molecule has 7 nitrogen and oxygen atoms in total. The second-order valence-electron chi connectivity index (χ2n) is 7.31. The Morgan fingerprint density at radius 2 is 1.74 bits per heavy atom. The molecule has 8 heteroatoms. The Morgan fingerprint density at radius 1 is 1.03 bits per heavy atom. The van der Waals surface area contributed by atoms with Gasteiger partial charge in [0.15, 0.2) is 0 Å². The number of nitrogens with one attached hydrogen (secondary N) is 2. The zero-order chi connectivity index (χ0) is 22.0. The number of benzene rings is 3. The standard InChI is InChI=1S/C23H22N4O3S/c1-16-8-10-18(11-9-16)24-22(28)15-27(2)31(29,30)19-12-13-20-21(14-19)26-23(25-20)17-6-4-3-5-7-17/h3-14H,15H2,1-2H3,(H,24,28)(H,25,26). The first-order valence-electron chi connectivity index (χ1n) is 9.71. The lowest BCUT2D eigenvalue weighted by Crippen LogP contribution is -2.34. The van der Waals surface area contributed by atoms with Crippen molar-refractivity contribution in [2.75, 3.05) is 18.9 Å². The topological polar surface area (TPSA) is 95.2 Å². The van der Waals surface area contributed by atoms with E-state index in [1.54, 1.807) is 24.3 Å². The van der Waals surface area contributed by atoms with E-state index in [4.69, 9.17) is 0 Å². The normalized spacial score (nSPS) is 11.7. The molecule has 0 aliphatic heterocycles. The Labute approximate surface area is 180 Å². The summed E-state index contributed by atoms with van der Waals surface area (Å²) in [6.45, 7) is 1.65. The molecule has 0 saturated heterocycles. The van der Waals surface area contributed by atoms with Crippen molar-refractivity contribution in [2.24, 2.45) is 0 Å². The van der Waals surface area contributed by atoms with Crippen LogP contribution in [0.5, 0.6) is 0 Å². The fraction of sp³-hybridized carbons (Fsp3) is 0.130. The molecule has 0 aliphatic rings. The van der Waals surface area contributed by atoms with Gasteiger partial charge in [-0.1, -0.05) is 48.0 Å². The Balaban J connectivity index is 1.52. The molecule has 0 saturated carbocycles. The first-order valence-corrected chi connectivity index (χ1v) is 11.1. The molecule has 0 fully saturated rings. The average Bonchev–Trinajstić information content (AvgIpc) is 3.19. The van der Waals surface area contributed by atoms with Gasteiger partial charge >= 0.3 is 0 Å². The number of aromatic amines is 1. The van der Waals surface area contributed by atoms with E-state index in [9.17, 15) is 13.2 Å². The van der Waals surface area contributed by atoms with Crippen LogP contribution in [0.3, 0.4) is 0 Å². The van der Waals surface area contributed by atoms with E-state index in [0.29, 0.717) is 22.5 Å². The van der Waals surface area contributed by atoms with Gasteiger partial charge in [0.05, 0.1) is 22.5 Å². The molecule has 0 aliphatic carbocycles. The number of rotatable bonds is 6.